The Morgan fingerprint density at radius 3 is 2.35 bits per heavy atom. The van der Waals surface area contributed by atoms with Crippen LogP contribution in [0.4, 0.5) is 0 Å². The lowest BCUT2D eigenvalue weighted by atomic mass is 9.94. The molecule has 3 heterocycles. The summed E-state index contributed by atoms with van der Waals surface area (Å²) < 4.78 is 4.56. The van der Waals surface area contributed by atoms with Crippen molar-refractivity contribution in [2.45, 2.75) is 40.3 Å². The molecule has 0 spiro atoms. The number of likely N-dealkylation sites (N-methyl/N-ethyl adjacent to an activating group) is 1. The van der Waals surface area contributed by atoms with Crippen molar-refractivity contribution in [2.75, 3.05) is 13.1 Å². The van der Waals surface area contributed by atoms with Crippen molar-refractivity contribution in [3.63, 3.8) is 0 Å². The quantitative estimate of drug-likeness (QED) is 0.225. The highest BCUT2D eigenvalue weighted by Gasteiger charge is 2.34. The first-order chi connectivity index (χ1) is 20.8. The van der Waals surface area contributed by atoms with E-state index in [1.807, 2.05) is 57.2 Å². The number of para-hydroxylation sites is 1. The number of carbonyl (C=O) groups excluding carboxylic acids is 1. The number of amides is 1. The van der Waals surface area contributed by atoms with Gasteiger partial charge in [-0.2, -0.15) is 0 Å². The van der Waals surface area contributed by atoms with Crippen LogP contribution in [0, 0.1) is 6.92 Å². The molecule has 1 amide bonds. The molecular weight excluding hydrogens is 576 g/mol. The van der Waals surface area contributed by atoms with Crippen LogP contribution in [-0.2, 0) is 11.3 Å². The molecule has 0 aliphatic carbocycles. The first-order valence-electron chi connectivity index (χ1n) is 14.5. The summed E-state index contributed by atoms with van der Waals surface area (Å²) in [5.74, 6) is -0.111. The van der Waals surface area contributed by atoms with E-state index in [0.717, 1.165) is 34.3 Å². The average Bonchev–Trinajstić information content (AvgIpc) is 3.46. The van der Waals surface area contributed by atoms with Gasteiger partial charge in [-0.3, -0.25) is 14.2 Å². The highest BCUT2D eigenvalue weighted by molar-refractivity contribution is 7.07. The molecule has 6 rings (SSSR count). The van der Waals surface area contributed by atoms with E-state index in [2.05, 4.69) is 47.9 Å². The Hall–Kier alpha value is -4.20. The van der Waals surface area contributed by atoms with Crippen molar-refractivity contribution in [2.24, 2.45) is 4.99 Å². The molecule has 1 aliphatic rings. The number of nitrogens with zero attached hydrogens (tertiary/aromatic N) is 4. The Bertz CT molecular complexity index is 2050. The van der Waals surface area contributed by atoms with Crippen LogP contribution >= 0.6 is 22.9 Å². The molecule has 218 valence electrons. The molecule has 0 bridgehead atoms. The Kier molecular flexibility index (Phi) is 7.95. The maximum absolute atomic E-state index is 14.3. The molecule has 5 aromatic rings. The lowest BCUT2D eigenvalue weighted by molar-refractivity contribution is -0.127. The number of hydrogen-bond acceptors (Lipinski definition) is 4. The summed E-state index contributed by atoms with van der Waals surface area (Å²) in [4.78, 5) is 35.3. The van der Waals surface area contributed by atoms with Gasteiger partial charge in [0.2, 0.25) is 0 Å². The third kappa shape index (κ3) is 5.17. The molecule has 0 unspecified atom stereocenters. The summed E-state index contributed by atoms with van der Waals surface area (Å²) in [6.45, 7) is 9.74. The Morgan fingerprint density at radius 1 is 0.977 bits per heavy atom. The first-order valence-corrected chi connectivity index (χ1v) is 15.7. The third-order valence-corrected chi connectivity index (χ3v) is 9.46. The highest BCUT2D eigenvalue weighted by Crippen LogP contribution is 2.32. The van der Waals surface area contributed by atoms with Crippen molar-refractivity contribution in [1.82, 2.24) is 14.0 Å². The summed E-state index contributed by atoms with van der Waals surface area (Å²) in [7, 11) is 0. The van der Waals surface area contributed by atoms with Gasteiger partial charge in [-0.25, -0.2) is 4.99 Å². The fraction of sp³-hybridized carbons (Fsp3) is 0.229. The maximum Gasteiger partial charge on any atom is 0.271 e. The summed E-state index contributed by atoms with van der Waals surface area (Å²) in [5, 5.41) is 1.68. The van der Waals surface area contributed by atoms with Crippen molar-refractivity contribution in [3.8, 4) is 0 Å². The normalized spacial score (nSPS) is 15.1. The SMILES string of the molecule is CCN(CC)C(=O)C1=C(C)N=c2s/c(=C/c3c(C)n(Cc4ccccc4)c4ccccc34)c(=O)n2[C@H]1c1ccc(Cl)cc1. The summed E-state index contributed by atoms with van der Waals surface area (Å²) in [6, 6.07) is 25.5. The second-order valence-corrected chi connectivity index (χ2v) is 12.1. The van der Waals surface area contributed by atoms with Gasteiger partial charge in [0, 0.05) is 46.8 Å². The van der Waals surface area contributed by atoms with E-state index in [-0.39, 0.29) is 11.5 Å². The minimum absolute atomic E-state index is 0.111. The molecule has 43 heavy (non-hydrogen) atoms. The molecule has 0 saturated heterocycles. The Balaban J connectivity index is 1.55. The van der Waals surface area contributed by atoms with Gasteiger partial charge in [0.05, 0.1) is 21.8 Å². The second kappa shape index (κ2) is 11.8. The van der Waals surface area contributed by atoms with Gasteiger partial charge in [-0.05, 0) is 63.1 Å². The lowest BCUT2D eigenvalue weighted by Crippen LogP contribution is -2.43. The monoisotopic (exact) mass is 608 g/mol. The molecule has 0 fully saturated rings. The van der Waals surface area contributed by atoms with Gasteiger partial charge >= 0.3 is 0 Å². The van der Waals surface area contributed by atoms with E-state index < -0.39 is 6.04 Å². The topological polar surface area (TPSA) is 59.6 Å². The molecule has 1 aliphatic heterocycles. The molecule has 6 nitrogen and oxygen atoms in total. The highest BCUT2D eigenvalue weighted by atomic mass is 35.5. The smallest absolute Gasteiger partial charge is 0.271 e. The van der Waals surface area contributed by atoms with Crippen molar-refractivity contribution in [1.29, 1.82) is 0 Å². The van der Waals surface area contributed by atoms with Crippen LogP contribution in [0.3, 0.4) is 0 Å². The van der Waals surface area contributed by atoms with E-state index >= 15 is 0 Å². The number of halogens is 1. The molecule has 1 atom stereocenters. The number of fused-ring (bicyclic) bond motifs is 2. The summed E-state index contributed by atoms with van der Waals surface area (Å²) in [6.07, 6.45) is 1.99. The number of rotatable bonds is 7. The van der Waals surface area contributed by atoms with E-state index in [1.54, 1.807) is 21.6 Å². The summed E-state index contributed by atoms with van der Waals surface area (Å²) >= 11 is 7.60. The van der Waals surface area contributed by atoms with Crippen molar-refractivity contribution in [3.05, 3.63) is 137 Å². The van der Waals surface area contributed by atoms with Crippen LogP contribution in [0.5, 0.6) is 0 Å². The Labute approximate surface area is 259 Å². The summed E-state index contributed by atoms with van der Waals surface area (Å²) in [5.41, 5.74) is 6.21. The molecule has 0 radical (unpaired) electrons. The van der Waals surface area contributed by atoms with Gasteiger partial charge in [0.25, 0.3) is 11.5 Å². The number of carbonyl (C=O) groups is 1. The van der Waals surface area contributed by atoms with Crippen LogP contribution in [0.2, 0.25) is 5.02 Å². The number of thiazole rings is 1. The minimum atomic E-state index is -0.607. The van der Waals surface area contributed by atoms with Crippen LogP contribution in [0.15, 0.2) is 99.9 Å². The number of allylic oxidation sites excluding steroid dienone is 1. The van der Waals surface area contributed by atoms with Gasteiger partial charge in [-0.1, -0.05) is 83.6 Å². The maximum atomic E-state index is 14.3. The van der Waals surface area contributed by atoms with E-state index in [1.165, 1.54) is 16.9 Å². The molecule has 0 saturated carbocycles. The van der Waals surface area contributed by atoms with Crippen LogP contribution in [0.1, 0.15) is 49.2 Å². The average molecular weight is 609 g/mol. The van der Waals surface area contributed by atoms with Crippen LogP contribution in [-0.4, -0.2) is 33.0 Å². The van der Waals surface area contributed by atoms with Gasteiger partial charge in [-0.15, -0.1) is 0 Å². The van der Waals surface area contributed by atoms with E-state index in [9.17, 15) is 9.59 Å². The molecule has 3 aromatic carbocycles. The standard InChI is InChI=1S/C35H33ClN4O2S/c1-5-38(6-2)34(42)31-22(3)37-35-40(32(31)25-16-18-26(36)19-17-25)33(41)30(43-35)20-28-23(4)39(21-24-12-8-7-9-13-24)29-15-11-10-14-27(28)29/h7-20,32H,5-6,21H2,1-4H3/b30-20+/t32-/m0/s1. The second-order valence-electron chi connectivity index (χ2n) is 10.7. The molecule has 2 aromatic heterocycles. The molecular formula is C35H33ClN4O2S. The number of benzene rings is 3. The van der Waals surface area contributed by atoms with Crippen LogP contribution < -0.4 is 14.9 Å². The van der Waals surface area contributed by atoms with Crippen molar-refractivity contribution >= 4 is 45.8 Å². The fourth-order valence-electron chi connectivity index (χ4n) is 5.98. The predicted octanol–water partition coefficient (Wildman–Crippen LogP) is 6.07. The zero-order valence-corrected chi connectivity index (χ0v) is 26.2. The fourth-order valence-corrected chi connectivity index (χ4v) is 7.13. The van der Waals surface area contributed by atoms with E-state index in [4.69, 9.17) is 16.6 Å². The Morgan fingerprint density at radius 2 is 1.65 bits per heavy atom. The van der Waals surface area contributed by atoms with Gasteiger partial charge in [0.1, 0.15) is 0 Å². The lowest BCUT2D eigenvalue weighted by Gasteiger charge is -2.29. The molecule has 8 heteroatoms. The number of hydrogen-bond donors (Lipinski definition) is 0. The van der Waals surface area contributed by atoms with Gasteiger partial charge in [0.15, 0.2) is 4.80 Å². The largest absolute Gasteiger partial charge is 0.340 e. The number of aromatic nitrogens is 2. The first kappa shape index (κ1) is 28.9. The predicted molar refractivity (Wildman–Crippen MR) is 175 cm³/mol. The minimum Gasteiger partial charge on any atom is -0.340 e. The van der Waals surface area contributed by atoms with Crippen LogP contribution in [0.25, 0.3) is 17.0 Å². The molecule has 0 N–H and O–H groups in total. The van der Waals surface area contributed by atoms with Crippen molar-refractivity contribution < 1.29 is 4.79 Å². The zero-order chi connectivity index (χ0) is 30.2. The van der Waals surface area contributed by atoms with E-state index in [0.29, 0.717) is 38.7 Å². The van der Waals surface area contributed by atoms with Gasteiger partial charge < -0.3 is 9.47 Å². The zero-order valence-electron chi connectivity index (χ0n) is 24.7. The third-order valence-electron chi connectivity index (χ3n) is 8.23.